The number of methoxy groups -OCH3 is 1. The number of aryl methyl sites for hydroxylation is 1. The fourth-order valence-corrected chi connectivity index (χ4v) is 3.62. The van der Waals surface area contributed by atoms with E-state index in [-0.39, 0.29) is 6.16 Å². The Kier molecular flexibility index (Phi) is 8.85. The zero-order valence-electron chi connectivity index (χ0n) is 14.0. The summed E-state index contributed by atoms with van der Waals surface area (Å²) in [7, 11) is -1.87. The minimum absolute atomic E-state index is 0.0634. The molecule has 0 saturated heterocycles. The van der Waals surface area contributed by atoms with Gasteiger partial charge in [0.05, 0.1) is 26.5 Å². The van der Waals surface area contributed by atoms with Crippen LogP contribution in [0.25, 0.3) is 0 Å². The zero-order valence-corrected chi connectivity index (χ0v) is 14.9. The molecule has 0 unspecified atom stereocenters. The van der Waals surface area contributed by atoms with Gasteiger partial charge in [-0.15, -0.1) is 0 Å². The Balaban J connectivity index is 2.79. The van der Waals surface area contributed by atoms with Crippen LogP contribution >= 0.6 is 7.60 Å². The molecular weight excluding hydrogens is 315 g/mol. The van der Waals surface area contributed by atoms with E-state index >= 15 is 0 Å². The van der Waals surface area contributed by atoms with Crippen LogP contribution < -0.4 is 0 Å². The van der Waals surface area contributed by atoms with Crippen LogP contribution in [0.3, 0.4) is 0 Å². The third-order valence-corrected chi connectivity index (χ3v) is 5.12. The lowest BCUT2D eigenvalue weighted by atomic mass is 10.0. The van der Waals surface area contributed by atoms with E-state index in [4.69, 9.17) is 13.8 Å². The molecule has 0 saturated carbocycles. The molecule has 0 spiro atoms. The Morgan fingerprint density at radius 3 is 2.26 bits per heavy atom. The van der Waals surface area contributed by atoms with Crippen LogP contribution in [0, 0.1) is 0 Å². The maximum Gasteiger partial charge on any atom is 0.334 e. The van der Waals surface area contributed by atoms with Crippen molar-refractivity contribution in [2.24, 2.45) is 0 Å². The van der Waals surface area contributed by atoms with Crippen molar-refractivity contribution in [3.63, 3.8) is 0 Å². The lowest BCUT2D eigenvalue weighted by molar-refractivity contribution is -0.136. The van der Waals surface area contributed by atoms with Crippen molar-refractivity contribution in [1.29, 1.82) is 0 Å². The van der Waals surface area contributed by atoms with E-state index in [1.165, 1.54) is 7.11 Å². The quantitative estimate of drug-likeness (QED) is 0.366. The van der Waals surface area contributed by atoms with Crippen molar-refractivity contribution >= 4 is 13.6 Å². The van der Waals surface area contributed by atoms with Crippen molar-refractivity contribution in [3.05, 3.63) is 47.5 Å². The van der Waals surface area contributed by atoms with Crippen LogP contribution in [0.15, 0.2) is 42.0 Å². The van der Waals surface area contributed by atoms with E-state index in [0.717, 1.165) is 5.56 Å². The lowest BCUT2D eigenvalue weighted by Gasteiger charge is -2.15. The Hall–Kier alpha value is -1.42. The molecule has 1 aromatic carbocycles. The highest BCUT2D eigenvalue weighted by molar-refractivity contribution is 7.54. The van der Waals surface area contributed by atoms with Crippen molar-refractivity contribution in [1.82, 2.24) is 0 Å². The number of carbonyl (C=O) groups is 1. The molecule has 0 aliphatic rings. The van der Waals surface area contributed by atoms with Gasteiger partial charge in [-0.1, -0.05) is 36.4 Å². The molecular formula is C17H25O5P. The van der Waals surface area contributed by atoms with E-state index in [1.807, 2.05) is 30.3 Å². The van der Waals surface area contributed by atoms with Crippen LogP contribution in [0.1, 0.15) is 25.8 Å². The van der Waals surface area contributed by atoms with Crippen LogP contribution in [0.2, 0.25) is 0 Å². The number of carbonyl (C=O) groups excluding carboxylic acids is 1. The fraction of sp³-hybridized carbons (Fsp3) is 0.471. The minimum Gasteiger partial charge on any atom is -0.466 e. The predicted octanol–water partition coefficient (Wildman–Crippen LogP) is 3.98. The van der Waals surface area contributed by atoms with Crippen LogP contribution in [0.4, 0.5) is 0 Å². The van der Waals surface area contributed by atoms with Crippen LogP contribution in [-0.2, 0) is 29.6 Å². The highest BCUT2D eigenvalue weighted by atomic mass is 31.2. The maximum atomic E-state index is 12.5. The van der Waals surface area contributed by atoms with Crippen molar-refractivity contribution in [2.75, 3.05) is 26.5 Å². The molecule has 23 heavy (non-hydrogen) atoms. The Bertz CT molecular complexity index is 543. The van der Waals surface area contributed by atoms with E-state index in [9.17, 15) is 9.36 Å². The van der Waals surface area contributed by atoms with Crippen molar-refractivity contribution in [3.8, 4) is 0 Å². The van der Waals surface area contributed by atoms with Crippen LogP contribution in [0.5, 0.6) is 0 Å². The first-order valence-corrected chi connectivity index (χ1v) is 9.46. The summed E-state index contributed by atoms with van der Waals surface area (Å²) in [5, 5.41) is 0. The van der Waals surface area contributed by atoms with E-state index in [0.29, 0.717) is 31.6 Å². The third-order valence-electron chi connectivity index (χ3n) is 3.19. The highest BCUT2D eigenvalue weighted by Gasteiger charge is 2.23. The molecule has 128 valence electrons. The van der Waals surface area contributed by atoms with Gasteiger partial charge in [-0.2, -0.15) is 0 Å². The summed E-state index contributed by atoms with van der Waals surface area (Å²) >= 11 is 0. The zero-order chi connectivity index (χ0) is 17.1. The average Bonchev–Trinajstić information content (AvgIpc) is 2.55. The molecule has 0 bridgehead atoms. The SMILES string of the molecule is CCOP(=O)(C/C=C(\CCc1ccccc1)C(=O)OC)OCC. The summed E-state index contributed by atoms with van der Waals surface area (Å²) in [4.78, 5) is 11.9. The maximum absolute atomic E-state index is 12.5. The van der Waals surface area contributed by atoms with Gasteiger partial charge in [-0.3, -0.25) is 4.57 Å². The summed E-state index contributed by atoms with van der Waals surface area (Å²) in [5.41, 5.74) is 1.61. The smallest absolute Gasteiger partial charge is 0.334 e. The molecule has 0 amide bonds. The molecule has 0 atom stereocenters. The second-order valence-corrected chi connectivity index (χ2v) is 6.94. The summed E-state index contributed by atoms with van der Waals surface area (Å²) in [5.74, 6) is -0.416. The molecule has 0 radical (unpaired) electrons. The molecule has 0 aliphatic carbocycles. The molecule has 0 aliphatic heterocycles. The minimum atomic E-state index is -3.20. The summed E-state index contributed by atoms with van der Waals surface area (Å²) in [6.45, 7) is 4.10. The number of hydrogen-bond acceptors (Lipinski definition) is 5. The first-order chi connectivity index (χ1) is 11.0. The largest absolute Gasteiger partial charge is 0.466 e. The molecule has 1 aromatic rings. The van der Waals surface area contributed by atoms with Gasteiger partial charge in [0.15, 0.2) is 0 Å². The number of rotatable bonds is 10. The molecule has 5 nitrogen and oxygen atoms in total. The summed E-state index contributed by atoms with van der Waals surface area (Å²) in [6.07, 6.45) is 2.89. The molecule has 0 fully saturated rings. The Labute approximate surface area is 138 Å². The van der Waals surface area contributed by atoms with Gasteiger partial charge >= 0.3 is 13.6 Å². The summed E-state index contributed by atoms with van der Waals surface area (Å²) in [6, 6.07) is 9.85. The molecule has 0 heterocycles. The first-order valence-electron chi connectivity index (χ1n) is 7.74. The fourth-order valence-electron chi connectivity index (χ4n) is 2.10. The van der Waals surface area contributed by atoms with Crippen molar-refractivity contribution in [2.45, 2.75) is 26.7 Å². The molecule has 0 N–H and O–H groups in total. The number of ether oxygens (including phenoxy) is 1. The number of hydrogen-bond donors (Lipinski definition) is 0. The van der Waals surface area contributed by atoms with Gasteiger partial charge in [0, 0.05) is 5.57 Å². The average molecular weight is 340 g/mol. The first kappa shape index (κ1) is 19.6. The summed E-state index contributed by atoms with van der Waals surface area (Å²) < 4.78 is 27.7. The van der Waals surface area contributed by atoms with Gasteiger partial charge in [0.2, 0.25) is 0 Å². The Morgan fingerprint density at radius 2 is 1.74 bits per heavy atom. The molecule has 0 aromatic heterocycles. The monoisotopic (exact) mass is 340 g/mol. The highest BCUT2D eigenvalue weighted by Crippen LogP contribution is 2.48. The van der Waals surface area contributed by atoms with E-state index in [2.05, 4.69) is 0 Å². The van der Waals surface area contributed by atoms with Gasteiger partial charge in [-0.05, 0) is 32.3 Å². The lowest BCUT2D eigenvalue weighted by Crippen LogP contribution is -2.08. The number of allylic oxidation sites excluding steroid dienone is 1. The third kappa shape index (κ3) is 7.12. The number of benzene rings is 1. The second-order valence-electron chi connectivity index (χ2n) is 4.84. The second kappa shape index (κ2) is 10.4. The molecule has 1 rings (SSSR count). The van der Waals surface area contributed by atoms with E-state index in [1.54, 1.807) is 19.9 Å². The predicted molar refractivity (Wildman–Crippen MR) is 90.6 cm³/mol. The van der Waals surface area contributed by atoms with Gasteiger partial charge in [0.25, 0.3) is 0 Å². The van der Waals surface area contributed by atoms with Crippen LogP contribution in [-0.4, -0.2) is 32.5 Å². The normalized spacial score (nSPS) is 12.2. The van der Waals surface area contributed by atoms with Gasteiger partial charge in [0.1, 0.15) is 0 Å². The topological polar surface area (TPSA) is 61.8 Å². The Morgan fingerprint density at radius 1 is 1.13 bits per heavy atom. The van der Waals surface area contributed by atoms with Gasteiger partial charge < -0.3 is 13.8 Å². The van der Waals surface area contributed by atoms with Gasteiger partial charge in [-0.25, -0.2) is 4.79 Å². The number of esters is 1. The standard InChI is InChI=1S/C17H25O5P/c1-4-21-23(19,22-5-2)14-13-16(17(18)20-3)12-11-15-9-7-6-8-10-15/h6-10,13H,4-5,11-12,14H2,1-3H3/b16-13+. The van der Waals surface area contributed by atoms with E-state index < -0.39 is 13.6 Å². The van der Waals surface area contributed by atoms with Crippen molar-refractivity contribution < 1.29 is 23.1 Å². The molecule has 6 heteroatoms.